The van der Waals surface area contributed by atoms with E-state index in [9.17, 15) is 4.79 Å². The van der Waals surface area contributed by atoms with Gasteiger partial charge in [-0.3, -0.25) is 4.79 Å². The van der Waals surface area contributed by atoms with Gasteiger partial charge in [0.15, 0.2) is 0 Å². The molecule has 2 aromatic rings. The van der Waals surface area contributed by atoms with Crippen molar-refractivity contribution >= 4 is 35.1 Å². The first-order valence-electron chi connectivity index (χ1n) is 7.88. The summed E-state index contributed by atoms with van der Waals surface area (Å²) in [4.78, 5) is 27.0. The topological polar surface area (TPSA) is 52.6 Å². The van der Waals surface area contributed by atoms with Crippen molar-refractivity contribution < 1.29 is 4.79 Å². The maximum absolute atomic E-state index is 12.3. The Morgan fingerprint density at radius 3 is 2.71 bits per heavy atom. The molecule has 7 heteroatoms. The first kappa shape index (κ1) is 16.4. The van der Waals surface area contributed by atoms with Crippen LogP contribution in [0, 0.1) is 0 Å². The second-order valence-corrected chi connectivity index (χ2v) is 6.59. The zero-order valence-electron chi connectivity index (χ0n) is 13.9. The fourth-order valence-electron chi connectivity index (χ4n) is 2.53. The van der Waals surface area contributed by atoms with E-state index in [2.05, 4.69) is 14.9 Å². The van der Waals surface area contributed by atoms with Crippen LogP contribution in [0.3, 0.4) is 0 Å². The lowest BCUT2D eigenvalue weighted by Gasteiger charge is -2.35. The first-order valence-corrected chi connectivity index (χ1v) is 8.82. The van der Waals surface area contributed by atoms with Crippen LogP contribution in [-0.4, -0.2) is 61.0 Å². The Morgan fingerprint density at radius 1 is 1.25 bits per heavy atom. The zero-order chi connectivity index (χ0) is 16.9. The molecule has 0 N–H and O–H groups in total. The summed E-state index contributed by atoms with van der Waals surface area (Å²) in [7, 11) is 3.85. The second-order valence-electron chi connectivity index (χ2n) is 5.81. The van der Waals surface area contributed by atoms with Crippen molar-refractivity contribution in [2.45, 2.75) is 0 Å². The molecule has 1 saturated heterocycles. The van der Waals surface area contributed by atoms with Crippen molar-refractivity contribution in [1.82, 2.24) is 14.9 Å². The number of hydrogen-bond acceptors (Lipinski definition) is 6. The summed E-state index contributed by atoms with van der Waals surface area (Å²) in [6.07, 6.45) is 5.31. The lowest BCUT2D eigenvalue weighted by atomic mass is 10.2. The Morgan fingerprint density at radius 2 is 2.04 bits per heavy atom. The molecule has 0 saturated carbocycles. The molecule has 126 valence electrons. The quantitative estimate of drug-likeness (QED) is 0.795. The highest BCUT2D eigenvalue weighted by Gasteiger charge is 2.21. The van der Waals surface area contributed by atoms with Crippen LogP contribution in [0.15, 0.2) is 35.2 Å². The number of nitrogens with zero attached hydrogens (tertiary/aromatic N) is 5. The third-order valence-electron chi connectivity index (χ3n) is 3.91. The number of amides is 1. The van der Waals surface area contributed by atoms with Crippen LogP contribution in [0.2, 0.25) is 0 Å². The largest absolute Gasteiger partial charge is 0.353 e. The van der Waals surface area contributed by atoms with Crippen LogP contribution < -0.4 is 9.80 Å². The van der Waals surface area contributed by atoms with Crippen LogP contribution in [0.25, 0.3) is 6.08 Å². The minimum absolute atomic E-state index is 0.0671. The summed E-state index contributed by atoms with van der Waals surface area (Å²) >= 11 is 1.63. The highest BCUT2D eigenvalue weighted by Crippen LogP contribution is 2.16. The molecule has 1 aliphatic heterocycles. The van der Waals surface area contributed by atoms with Gasteiger partial charge in [0.25, 0.3) is 0 Å². The van der Waals surface area contributed by atoms with Gasteiger partial charge in [-0.15, -0.1) is 0 Å². The van der Waals surface area contributed by atoms with E-state index in [-0.39, 0.29) is 5.91 Å². The molecular formula is C17H21N5OS. The number of carbonyl (C=O) groups excluding carboxylic acids is 1. The number of aromatic nitrogens is 2. The molecule has 1 amide bonds. The summed E-state index contributed by atoms with van der Waals surface area (Å²) in [5.41, 5.74) is 1.07. The van der Waals surface area contributed by atoms with Gasteiger partial charge < -0.3 is 14.7 Å². The van der Waals surface area contributed by atoms with Gasteiger partial charge in [0.1, 0.15) is 5.82 Å². The molecule has 24 heavy (non-hydrogen) atoms. The molecule has 3 heterocycles. The average molecular weight is 343 g/mol. The van der Waals surface area contributed by atoms with Crippen molar-refractivity contribution in [3.05, 3.63) is 40.7 Å². The minimum Gasteiger partial charge on any atom is -0.353 e. The van der Waals surface area contributed by atoms with Crippen LogP contribution in [0.5, 0.6) is 0 Å². The highest BCUT2D eigenvalue weighted by atomic mass is 32.1. The Labute approximate surface area is 146 Å². The number of anilines is 2. The summed E-state index contributed by atoms with van der Waals surface area (Å²) in [5.74, 6) is 1.68. The van der Waals surface area contributed by atoms with Gasteiger partial charge in [-0.2, -0.15) is 16.3 Å². The van der Waals surface area contributed by atoms with E-state index in [0.29, 0.717) is 19.0 Å². The Balaban J connectivity index is 1.57. The molecule has 1 fully saturated rings. The minimum atomic E-state index is 0.0671. The maximum atomic E-state index is 12.3. The lowest BCUT2D eigenvalue weighted by molar-refractivity contribution is -0.126. The molecule has 0 atom stereocenters. The SMILES string of the molecule is CN(C)c1nccc(N2CCN(C(=O)/C=C/c3ccsc3)CC2)n1. The van der Waals surface area contributed by atoms with Crippen molar-refractivity contribution in [3.63, 3.8) is 0 Å². The van der Waals surface area contributed by atoms with Crippen molar-refractivity contribution in [3.8, 4) is 0 Å². The molecule has 1 aliphatic rings. The third kappa shape index (κ3) is 3.91. The molecule has 0 radical (unpaired) electrons. The van der Waals surface area contributed by atoms with Crippen LogP contribution >= 0.6 is 11.3 Å². The smallest absolute Gasteiger partial charge is 0.246 e. The number of piperazine rings is 1. The van der Waals surface area contributed by atoms with Crippen molar-refractivity contribution in [2.24, 2.45) is 0 Å². The van der Waals surface area contributed by atoms with Gasteiger partial charge in [-0.05, 0) is 34.5 Å². The van der Waals surface area contributed by atoms with Gasteiger partial charge in [0, 0.05) is 52.5 Å². The summed E-state index contributed by atoms with van der Waals surface area (Å²) < 4.78 is 0. The van der Waals surface area contributed by atoms with E-state index >= 15 is 0 Å². The van der Waals surface area contributed by atoms with E-state index in [0.717, 1.165) is 24.5 Å². The second kappa shape index (κ2) is 7.44. The predicted octanol–water partition coefficient (Wildman–Crippen LogP) is 1.97. The molecular weight excluding hydrogens is 322 g/mol. The first-order chi connectivity index (χ1) is 11.6. The van der Waals surface area contributed by atoms with Gasteiger partial charge in [0.2, 0.25) is 11.9 Å². The molecule has 0 spiro atoms. The summed E-state index contributed by atoms with van der Waals surface area (Å²) in [6, 6.07) is 3.92. The third-order valence-corrected chi connectivity index (χ3v) is 4.61. The Bertz CT molecular complexity index is 706. The van der Waals surface area contributed by atoms with E-state index in [1.807, 2.05) is 52.9 Å². The van der Waals surface area contributed by atoms with E-state index in [4.69, 9.17) is 0 Å². The van der Waals surface area contributed by atoms with Crippen molar-refractivity contribution in [1.29, 1.82) is 0 Å². The monoisotopic (exact) mass is 343 g/mol. The Hall–Kier alpha value is -2.41. The fourth-order valence-corrected chi connectivity index (χ4v) is 3.16. The number of rotatable bonds is 4. The fraction of sp³-hybridized carbons (Fsp3) is 0.353. The Kier molecular flexibility index (Phi) is 5.10. The predicted molar refractivity (Wildman–Crippen MR) is 98.5 cm³/mol. The molecule has 0 unspecified atom stereocenters. The highest BCUT2D eigenvalue weighted by molar-refractivity contribution is 7.08. The van der Waals surface area contributed by atoms with E-state index in [1.54, 1.807) is 23.6 Å². The number of hydrogen-bond donors (Lipinski definition) is 0. The van der Waals surface area contributed by atoms with Crippen molar-refractivity contribution in [2.75, 3.05) is 50.1 Å². The van der Waals surface area contributed by atoms with Crippen LogP contribution in [0.1, 0.15) is 5.56 Å². The summed E-state index contributed by atoms with van der Waals surface area (Å²) in [5, 5.41) is 4.03. The van der Waals surface area contributed by atoms with Crippen LogP contribution in [0.4, 0.5) is 11.8 Å². The molecule has 3 rings (SSSR count). The molecule has 0 aromatic carbocycles. The van der Waals surface area contributed by atoms with Gasteiger partial charge >= 0.3 is 0 Å². The zero-order valence-corrected chi connectivity index (χ0v) is 14.7. The van der Waals surface area contributed by atoms with Gasteiger partial charge in [-0.1, -0.05) is 0 Å². The molecule has 0 bridgehead atoms. The van der Waals surface area contributed by atoms with Gasteiger partial charge in [0.05, 0.1) is 0 Å². The number of thiophene rings is 1. The molecule has 0 aliphatic carbocycles. The maximum Gasteiger partial charge on any atom is 0.246 e. The van der Waals surface area contributed by atoms with E-state index in [1.165, 1.54) is 0 Å². The van der Waals surface area contributed by atoms with Crippen LogP contribution in [-0.2, 0) is 4.79 Å². The average Bonchev–Trinajstić information content (AvgIpc) is 3.13. The normalized spacial score (nSPS) is 15.1. The number of carbonyl (C=O) groups is 1. The molecule has 6 nitrogen and oxygen atoms in total. The van der Waals surface area contributed by atoms with E-state index < -0.39 is 0 Å². The summed E-state index contributed by atoms with van der Waals surface area (Å²) in [6.45, 7) is 2.96. The van der Waals surface area contributed by atoms with Gasteiger partial charge in [-0.25, -0.2) is 4.98 Å². The standard InChI is InChI=1S/C17H21N5OS/c1-20(2)17-18-7-5-15(19-17)21-8-10-22(11-9-21)16(23)4-3-14-6-12-24-13-14/h3-7,12-13H,8-11H2,1-2H3/b4-3+. The molecule has 2 aromatic heterocycles. The lowest BCUT2D eigenvalue weighted by Crippen LogP contribution is -2.48.